The lowest BCUT2D eigenvalue weighted by Crippen LogP contribution is -2.04. The zero-order chi connectivity index (χ0) is 9.42. The molecule has 13 heavy (non-hydrogen) atoms. The Morgan fingerprint density at radius 2 is 2.08 bits per heavy atom. The summed E-state index contributed by atoms with van der Waals surface area (Å²) in [6, 6.07) is 3.69. The Morgan fingerprint density at radius 3 is 2.85 bits per heavy atom. The molecule has 1 aromatic rings. The summed E-state index contributed by atoms with van der Waals surface area (Å²) in [4.78, 5) is 15.6. The minimum Gasteiger partial charge on any atom is -0.294 e. The quantitative estimate of drug-likeness (QED) is 0.721. The molecule has 0 bridgehead atoms. The number of halogens is 2. The molecule has 0 saturated heterocycles. The van der Waals surface area contributed by atoms with Crippen molar-refractivity contribution in [2.45, 2.75) is 6.42 Å². The molecular formula is C9H5Br2NO. The summed E-state index contributed by atoms with van der Waals surface area (Å²) in [6.45, 7) is 0. The van der Waals surface area contributed by atoms with Crippen LogP contribution in [-0.4, -0.2) is 12.0 Å². The molecule has 1 heterocycles. The van der Waals surface area contributed by atoms with Crippen LogP contribution < -0.4 is 0 Å². The molecule has 0 aliphatic carbocycles. The standard InChI is InChI=1S/C9H5Br2NO/c10-5-3-6-8(13)1-2-12-9(6)7(11)4-5/h2-4H,1H2. The number of rotatable bonds is 0. The lowest BCUT2D eigenvalue weighted by molar-refractivity contribution is 0.100. The third kappa shape index (κ3) is 1.60. The number of ketones is 1. The number of hydrogen-bond acceptors (Lipinski definition) is 2. The number of aliphatic imine (C=N–C) groups is 1. The van der Waals surface area contributed by atoms with Crippen LogP contribution in [0.1, 0.15) is 16.8 Å². The van der Waals surface area contributed by atoms with Gasteiger partial charge in [0.05, 0.1) is 5.69 Å². The van der Waals surface area contributed by atoms with Gasteiger partial charge in [0, 0.05) is 27.1 Å². The van der Waals surface area contributed by atoms with E-state index in [-0.39, 0.29) is 5.78 Å². The summed E-state index contributed by atoms with van der Waals surface area (Å²) in [5.41, 5.74) is 1.42. The van der Waals surface area contributed by atoms with Crippen LogP contribution in [0.4, 0.5) is 5.69 Å². The van der Waals surface area contributed by atoms with Gasteiger partial charge < -0.3 is 0 Å². The Kier molecular flexibility index (Phi) is 2.34. The van der Waals surface area contributed by atoms with E-state index in [0.717, 1.165) is 14.6 Å². The molecule has 1 aliphatic heterocycles. The van der Waals surface area contributed by atoms with Crippen molar-refractivity contribution in [1.29, 1.82) is 0 Å². The fourth-order valence-corrected chi connectivity index (χ4v) is 2.57. The number of benzene rings is 1. The van der Waals surface area contributed by atoms with Crippen LogP contribution in [0.3, 0.4) is 0 Å². The first-order chi connectivity index (χ1) is 6.18. The van der Waals surface area contributed by atoms with Crippen LogP contribution in [0.15, 0.2) is 26.1 Å². The minimum atomic E-state index is 0.118. The highest BCUT2D eigenvalue weighted by Crippen LogP contribution is 2.35. The van der Waals surface area contributed by atoms with Crippen molar-refractivity contribution in [3.63, 3.8) is 0 Å². The molecule has 0 amide bonds. The molecule has 0 spiro atoms. The molecule has 2 nitrogen and oxygen atoms in total. The first-order valence-corrected chi connectivity index (χ1v) is 5.32. The van der Waals surface area contributed by atoms with Crippen LogP contribution in [-0.2, 0) is 0 Å². The van der Waals surface area contributed by atoms with Crippen LogP contribution >= 0.6 is 31.9 Å². The second kappa shape index (κ2) is 3.35. The smallest absolute Gasteiger partial charge is 0.170 e. The van der Waals surface area contributed by atoms with E-state index >= 15 is 0 Å². The molecule has 2 rings (SSSR count). The van der Waals surface area contributed by atoms with Crippen molar-refractivity contribution >= 4 is 49.5 Å². The molecule has 1 aliphatic rings. The number of fused-ring (bicyclic) bond motifs is 1. The van der Waals surface area contributed by atoms with Gasteiger partial charge in [0.2, 0.25) is 0 Å². The molecular weight excluding hydrogens is 298 g/mol. The van der Waals surface area contributed by atoms with Crippen molar-refractivity contribution in [2.75, 3.05) is 0 Å². The van der Waals surface area contributed by atoms with E-state index < -0.39 is 0 Å². The third-order valence-electron chi connectivity index (χ3n) is 1.83. The van der Waals surface area contributed by atoms with Crippen molar-refractivity contribution in [1.82, 2.24) is 0 Å². The van der Waals surface area contributed by atoms with Crippen molar-refractivity contribution in [2.24, 2.45) is 4.99 Å². The fraction of sp³-hybridized carbons (Fsp3) is 0.111. The lowest BCUT2D eigenvalue weighted by atomic mass is 10.0. The summed E-state index contributed by atoms with van der Waals surface area (Å²) in [5.74, 6) is 0.118. The topological polar surface area (TPSA) is 29.4 Å². The van der Waals surface area contributed by atoms with Crippen LogP contribution in [0, 0.1) is 0 Å². The third-order valence-corrected chi connectivity index (χ3v) is 2.89. The normalized spacial score (nSPS) is 14.5. The number of carbonyl (C=O) groups excluding carboxylic acids is 1. The summed E-state index contributed by atoms with van der Waals surface area (Å²) in [7, 11) is 0. The van der Waals surface area contributed by atoms with Crippen LogP contribution in [0.5, 0.6) is 0 Å². The monoisotopic (exact) mass is 301 g/mol. The number of hydrogen-bond donors (Lipinski definition) is 0. The van der Waals surface area contributed by atoms with E-state index in [1.165, 1.54) is 0 Å². The van der Waals surface area contributed by atoms with Crippen molar-refractivity contribution in [3.8, 4) is 0 Å². The van der Waals surface area contributed by atoms with E-state index in [2.05, 4.69) is 36.9 Å². The second-order valence-electron chi connectivity index (χ2n) is 2.72. The number of nitrogens with zero attached hydrogens (tertiary/aromatic N) is 1. The van der Waals surface area contributed by atoms with E-state index in [9.17, 15) is 4.79 Å². The van der Waals surface area contributed by atoms with Gasteiger partial charge in [0.15, 0.2) is 5.78 Å². The summed E-state index contributed by atoms with van der Waals surface area (Å²) < 4.78 is 1.74. The molecule has 0 aromatic heterocycles. The first-order valence-electron chi connectivity index (χ1n) is 3.73. The van der Waals surface area contributed by atoms with Gasteiger partial charge >= 0.3 is 0 Å². The van der Waals surface area contributed by atoms with Gasteiger partial charge in [-0.3, -0.25) is 9.79 Å². The largest absolute Gasteiger partial charge is 0.294 e. The Labute approximate surface area is 92.3 Å². The zero-order valence-electron chi connectivity index (χ0n) is 6.55. The highest BCUT2D eigenvalue weighted by molar-refractivity contribution is 9.11. The van der Waals surface area contributed by atoms with Gasteiger partial charge in [-0.05, 0) is 28.1 Å². The highest BCUT2D eigenvalue weighted by atomic mass is 79.9. The predicted molar refractivity (Wildman–Crippen MR) is 58.9 cm³/mol. The average molecular weight is 303 g/mol. The van der Waals surface area contributed by atoms with Crippen LogP contribution in [0.2, 0.25) is 0 Å². The van der Waals surface area contributed by atoms with Gasteiger partial charge in [-0.15, -0.1) is 0 Å². The molecule has 0 unspecified atom stereocenters. The Hall–Kier alpha value is -0.480. The predicted octanol–water partition coefficient (Wildman–Crippen LogP) is 3.50. The van der Waals surface area contributed by atoms with Gasteiger partial charge in [0.1, 0.15) is 0 Å². The summed E-state index contributed by atoms with van der Waals surface area (Å²) >= 11 is 6.70. The maximum absolute atomic E-state index is 11.5. The molecule has 0 atom stereocenters. The Bertz CT molecular complexity index is 412. The van der Waals surface area contributed by atoms with Gasteiger partial charge in [-0.2, -0.15) is 0 Å². The molecule has 0 saturated carbocycles. The van der Waals surface area contributed by atoms with Crippen molar-refractivity contribution in [3.05, 3.63) is 26.6 Å². The van der Waals surface area contributed by atoms with Gasteiger partial charge in [-0.1, -0.05) is 15.9 Å². The highest BCUT2D eigenvalue weighted by Gasteiger charge is 2.17. The summed E-state index contributed by atoms with van der Waals surface area (Å²) in [6.07, 6.45) is 2.04. The lowest BCUT2D eigenvalue weighted by Gasteiger charge is -2.10. The molecule has 4 heteroatoms. The van der Waals surface area contributed by atoms with E-state index in [1.54, 1.807) is 12.3 Å². The first kappa shape index (κ1) is 9.09. The molecule has 0 radical (unpaired) electrons. The fourth-order valence-electron chi connectivity index (χ4n) is 1.24. The van der Waals surface area contributed by atoms with Gasteiger partial charge in [-0.25, -0.2) is 0 Å². The van der Waals surface area contributed by atoms with E-state index in [1.807, 2.05) is 6.07 Å². The maximum atomic E-state index is 11.5. The Morgan fingerprint density at radius 1 is 1.31 bits per heavy atom. The number of carbonyl (C=O) groups is 1. The Balaban J connectivity index is 2.71. The van der Waals surface area contributed by atoms with Gasteiger partial charge in [0.25, 0.3) is 0 Å². The molecule has 0 fully saturated rings. The van der Waals surface area contributed by atoms with E-state index in [4.69, 9.17) is 0 Å². The minimum absolute atomic E-state index is 0.118. The van der Waals surface area contributed by atoms with Crippen molar-refractivity contribution < 1.29 is 4.79 Å². The molecule has 66 valence electrons. The van der Waals surface area contributed by atoms with E-state index in [0.29, 0.717) is 12.0 Å². The number of Topliss-reactive ketones (excluding diaryl/α,β-unsaturated/α-hetero) is 1. The second-order valence-corrected chi connectivity index (χ2v) is 4.49. The maximum Gasteiger partial charge on any atom is 0.170 e. The van der Waals surface area contributed by atoms with Crippen LogP contribution in [0.25, 0.3) is 0 Å². The average Bonchev–Trinajstić information content (AvgIpc) is 2.07. The molecule has 0 N–H and O–H groups in total. The SMILES string of the molecule is O=C1CC=Nc2c(Br)cc(Br)cc21. The zero-order valence-corrected chi connectivity index (χ0v) is 9.72. The molecule has 1 aromatic carbocycles. The summed E-state index contributed by atoms with van der Waals surface area (Å²) in [5, 5.41) is 0.